The fourth-order valence-corrected chi connectivity index (χ4v) is 1.77. The number of aromatic nitrogens is 1. The molecule has 15 heavy (non-hydrogen) atoms. The Bertz CT molecular complexity index is 448. The van der Waals surface area contributed by atoms with Crippen LogP contribution in [0.25, 0.3) is 10.9 Å². The van der Waals surface area contributed by atoms with E-state index in [0.29, 0.717) is 0 Å². The minimum atomic E-state index is 0.961. The lowest BCUT2D eigenvalue weighted by Gasteiger charge is -2.08. The van der Waals surface area contributed by atoms with Gasteiger partial charge in [-0.3, -0.25) is 0 Å². The first-order chi connectivity index (χ1) is 7.35. The lowest BCUT2D eigenvalue weighted by Crippen LogP contribution is -2.10. The molecule has 0 bridgehead atoms. The van der Waals surface area contributed by atoms with E-state index in [4.69, 9.17) is 4.74 Å². The van der Waals surface area contributed by atoms with E-state index < -0.39 is 0 Å². The second kappa shape index (κ2) is 4.36. The van der Waals surface area contributed by atoms with E-state index in [0.717, 1.165) is 18.7 Å². The number of fused-ring (bicyclic) bond motifs is 1. The molecular weight excluding hydrogens is 188 g/mol. The monoisotopic (exact) mass is 204 g/mol. The summed E-state index contributed by atoms with van der Waals surface area (Å²) < 4.78 is 5.38. The van der Waals surface area contributed by atoms with E-state index in [2.05, 4.69) is 28.5 Å². The Labute approximate surface area is 89.4 Å². The first-order valence-corrected chi connectivity index (χ1v) is 5.13. The van der Waals surface area contributed by atoms with E-state index in [1.165, 1.54) is 16.5 Å². The summed E-state index contributed by atoms with van der Waals surface area (Å²) in [5, 5.41) is 4.34. The van der Waals surface area contributed by atoms with Crippen molar-refractivity contribution in [2.45, 2.75) is 6.42 Å². The van der Waals surface area contributed by atoms with Crippen LogP contribution < -0.4 is 10.1 Å². The van der Waals surface area contributed by atoms with Crippen LogP contribution in [-0.2, 0) is 6.42 Å². The molecule has 0 unspecified atom stereocenters. The average Bonchev–Trinajstić information content (AvgIpc) is 2.71. The molecule has 2 rings (SSSR count). The lowest BCUT2D eigenvalue weighted by atomic mass is 10.1. The van der Waals surface area contributed by atoms with Crippen molar-refractivity contribution in [1.82, 2.24) is 10.3 Å². The molecule has 2 aromatic rings. The summed E-state index contributed by atoms with van der Waals surface area (Å²) in [6, 6.07) is 6.29. The maximum absolute atomic E-state index is 5.38. The number of benzene rings is 1. The van der Waals surface area contributed by atoms with Gasteiger partial charge in [0.2, 0.25) is 0 Å². The zero-order chi connectivity index (χ0) is 10.7. The van der Waals surface area contributed by atoms with Crippen molar-refractivity contribution in [3.63, 3.8) is 0 Å². The average molecular weight is 204 g/mol. The van der Waals surface area contributed by atoms with Gasteiger partial charge in [-0.1, -0.05) is 0 Å². The zero-order valence-electron chi connectivity index (χ0n) is 9.13. The summed E-state index contributed by atoms with van der Waals surface area (Å²) in [6.07, 6.45) is 2.93. The Hall–Kier alpha value is -1.48. The van der Waals surface area contributed by atoms with E-state index in [9.17, 15) is 0 Å². The number of ether oxygens (including phenoxy) is 1. The van der Waals surface area contributed by atoms with E-state index in [1.807, 2.05) is 13.2 Å². The molecule has 0 atom stereocenters. The third-order valence-corrected chi connectivity index (χ3v) is 2.60. The third kappa shape index (κ3) is 1.97. The van der Waals surface area contributed by atoms with Crippen molar-refractivity contribution in [3.05, 3.63) is 30.0 Å². The molecule has 1 aromatic carbocycles. The van der Waals surface area contributed by atoms with Crippen molar-refractivity contribution in [2.24, 2.45) is 0 Å². The number of nitrogens with one attached hydrogen (secondary N) is 2. The number of hydrogen-bond donors (Lipinski definition) is 2. The number of H-pyrrole nitrogens is 1. The van der Waals surface area contributed by atoms with Gasteiger partial charge in [-0.05, 0) is 43.8 Å². The number of likely N-dealkylation sites (N-methyl/N-ethyl adjacent to an activating group) is 1. The summed E-state index contributed by atoms with van der Waals surface area (Å²) in [5.41, 5.74) is 2.41. The van der Waals surface area contributed by atoms with Crippen molar-refractivity contribution >= 4 is 10.9 Å². The fraction of sp³-hybridized carbons (Fsp3) is 0.333. The smallest absolute Gasteiger partial charge is 0.122 e. The van der Waals surface area contributed by atoms with E-state index in [-0.39, 0.29) is 0 Å². The second-order valence-electron chi connectivity index (χ2n) is 3.58. The lowest BCUT2D eigenvalue weighted by molar-refractivity contribution is 0.410. The molecule has 0 saturated carbocycles. The Kier molecular flexibility index (Phi) is 2.92. The molecule has 1 heterocycles. The molecule has 80 valence electrons. The van der Waals surface area contributed by atoms with Crippen LogP contribution in [0.15, 0.2) is 24.4 Å². The normalized spacial score (nSPS) is 10.8. The maximum atomic E-state index is 5.38. The molecule has 0 aliphatic carbocycles. The van der Waals surface area contributed by atoms with E-state index >= 15 is 0 Å². The van der Waals surface area contributed by atoms with Crippen LogP contribution in [-0.4, -0.2) is 25.7 Å². The van der Waals surface area contributed by atoms with Crippen LogP contribution in [0.4, 0.5) is 0 Å². The Morgan fingerprint density at radius 3 is 3.00 bits per heavy atom. The van der Waals surface area contributed by atoms with Crippen molar-refractivity contribution in [1.29, 1.82) is 0 Å². The van der Waals surface area contributed by atoms with Gasteiger partial charge in [-0.15, -0.1) is 0 Å². The molecule has 0 fully saturated rings. The predicted molar refractivity (Wildman–Crippen MR) is 62.5 cm³/mol. The Morgan fingerprint density at radius 1 is 1.40 bits per heavy atom. The molecule has 2 N–H and O–H groups in total. The number of aromatic amines is 1. The highest BCUT2D eigenvalue weighted by Gasteiger charge is 2.05. The molecule has 0 amide bonds. The third-order valence-electron chi connectivity index (χ3n) is 2.60. The van der Waals surface area contributed by atoms with Gasteiger partial charge in [0.15, 0.2) is 0 Å². The Morgan fingerprint density at radius 2 is 2.27 bits per heavy atom. The standard InChI is InChI=1S/C12H16N2O/c1-13-5-3-10-7-11-9(4-6-14-11)8-12(10)15-2/h4,6-8,13-14H,3,5H2,1-2H3. The van der Waals surface area contributed by atoms with Gasteiger partial charge < -0.3 is 15.0 Å². The zero-order valence-corrected chi connectivity index (χ0v) is 9.13. The number of hydrogen-bond acceptors (Lipinski definition) is 2. The molecule has 0 radical (unpaired) electrons. The predicted octanol–water partition coefficient (Wildman–Crippen LogP) is 1.94. The minimum Gasteiger partial charge on any atom is -0.496 e. The van der Waals surface area contributed by atoms with Crippen LogP contribution >= 0.6 is 0 Å². The Balaban J connectivity index is 2.40. The van der Waals surface area contributed by atoms with Gasteiger partial charge in [-0.2, -0.15) is 0 Å². The summed E-state index contributed by atoms with van der Waals surface area (Å²) in [6.45, 7) is 0.961. The van der Waals surface area contributed by atoms with E-state index in [1.54, 1.807) is 7.11 Å². The van der Waals surface area contributed by atoms with Gasteiger partial charge in [0.1, 0.15) is 5.75 Å². The summed E-state index contributed by atoms with van der Waals surface area (Å²) >= 11 is 0. The molecule has 1 aromatic heterocycles. The number of rotatable bonds is 4. The highest BCUT2D eigenvalue weighted by atomic mass is 16.5. The van der Waals surface area contributed by atoms with Crippen LogP contribution in [0, 0.1) is 0 Å². The van der Waals surface area contributed by atoms with Crippen LogP contribution in [0.5, 0.6) is 5.75 Å². The topological polar surface area (TPSA) is 37.0 Å². The van der Waals surface area contributed by atoms with Gasteiger partial charge in [0, 0.05) is 17.1 Å². The molecule has 3 heteroatoms. The highest BCUT2D eigenvalue weighted by molar-refractivity contribution is 5.82. The van der Waals surface area contributed by atoms with Crippen LogP contribution in [0.3, 0.4) is 0 Å². The SMILES string of the molecule is CNCCc1cc2[nH]ccc2cc1OC. The summed E-state index contributed by atoms with van der Waals surface area (Å²) in [4.78, 5) is 3.21. The first-order valence-electron chi connectivity index (χ1n) is 5.13. The van der Waals surface area contributed by atoms with Gasteiger partial charge in [0.05, 0.1) is 7.11 Å². The minimum absolute atomic E-state index is 0.961. The van der Waals surface area contributed by atoms with Crippen LogP contribution in [0.1, 0.15) is 5.56 Å². The van der Waals surface area contributed by atoms with Crippen LogP contribution in [0.2, 0.25) is 0 Å². The molecule has 0 aliphatic rings. The van der Waals surface area contributed by atoms with Crippen molar-refractivity contribution in [3.8, 4) is 5.75 Å². The number of methoxy groups -OCH3 is 1. The molecular formula is C12H16N2O. The largest absolute Gasteiger partial charge is 0.496 e. The maximum Gasteiger partial charge on any atom is 0.122 e. The second-order valence-corrected chi connectivity index (χ2v) is 3.58. The highest BCUT2D eigenvalue weighted by Crippen LogP contribution is 2.25. The molecule has 3 nitrogen and oxygen atoms in total. The van der Waals surface area contributed by atoms with Crippen molar-refractivity contribution in [2.75, 3.05) is 20.7 Å². The van der Waals surface area contributed by atoms with Gasteiger partial charge >= 0.3 is 0 Å². The molecule has 0 aliphatic heterocycles. The fourth-order valence-electron chi connectivity index (χ4n) is 1.77. The summed E-state index contributed by atoms with van der Waals surface area (Å²) in [7, 11) is 3.68. The summed E-state index contributed by atoms with van der Waals surface area (Å²) in [5.74, 6) is 0.970. The molecule has 0 spiro atoms. The first kappa shape index (κ1) is 10.1. The molecule has 0 saturated heterocycles. The van der Waals surface area contributed by atoms with Gasteiger partial charge in [-0.25, -0.2) is 0 Å². The van der Waals surface area contributed by atoms with Crippen molar-refractivity contribution < 1.29 is 4.74 Å². The van der Waals surface area contributed by atoms with Gasteiger partial charge in [0.25, 0.3) is 0 Å². The quantitative estimate of drug-likeness (QED) is 0.798.